The third-order valence-electron chi connectivity index (χ3n) is 6.38. The molecule has 0 aromatic rings. The quantitative estimate of drug-likeness (QED) is 0.545. The van der Waals surface area contributed by atoms with Gasteiger partial charge in [-0.15, -0.1) is 0 Å². The first-order chi connectivity index (χ1) is 10.9. The largest absolute Gasteiger partial charge is 0.436 e. The molecule has 8 atom stereocenters. The highest BCUT2D eigenvalue weighted by molar-refractivity contribution is 5.66. The van der Waals surface area contributed by atoms with Crippen molar-refractivity contribution in [2.45, 2.75) is 77.3 Å². The van der Waals surface area contributed by atoms with Crippen LogP contribution in [0.3, 0.4) is 0 Å². The highest BCUT2D eigenvalue weighted by Gasteiger charge is 2.69. The smallest absolute Gasteiger partial charge is 0.304 e. The van der Waals surface area contributed by atoms with Crippen molar-refractivity contribution < 1.29 is 28.8 Å². The van der Waals surface area contributed by atoms with Gasteiger partial charge in [0.1, 0.15) is 0 Å². The standard InChI is InChI=1S/C17H26O6/c1-9-5-6-13-10(2)14(19-11(3)18)20-15-17(13)12(9)7-8-16(4,21-15)22-23-17/h9-10,12-15H,5-8H2,1-4H3/t9-,10-,12+,13+,14+,15-,16-,17-/m1/s1. The second kappa shape index (κ2) is 5.15. The summed E-state index contributed by atoms with van der Waals surface area (Å²) in [5.41, 5.74) is -0.594. The first kappa shape index (κ1) is 15.8. The average Bonchev–Trinajstić information content (AvgIpc) is 2.70. The second-order valence-corrected chi connectivity index (χ2v) is 7.88. The molecule has 0 N–H and O–H groups in total. The molecule has 2 bridgehead atoms. The van der Waals surface area contributed by atoms with Gasteiger partial charge in [-0.25, -0.2) is 9.78 Å². The van der Waals surface area contributed by atoms with Crippen LogP contribution in [0.1, 0.15) is 53.4 Å². The zero-order valence-corrected chi connectivity index (χ0v) is 14.2. The van der Waals surface area contributed by atoms with E-state index in [4.69, 9.17) is 24.0 Å². The van der Waals surface area contributed by atoms with Gasteiger partial charge in [0.2, 0.25) is 12.1 Å². The number of hydrogen-bond acceptors (Lipinski definition) is 6. The Labute approximate surface area is 136 Å². The van der Waals surface area contributed by atoms with E-state index in [1.54, 1.807) is 0 Å². The summed E-state index contributed by atoms with van der Waals surface area (Å²) < 4.78 is 17.7. The minimum atomic E-state index is -0.793. The van der Waals surface area contributed by atoms with Gasteiger partial charge in [-0.2, -0.15) is 0 Å². The van der Waals surface area contributed by atoms with Gasteiger partial charge in [-0.3, -0.25) is 4.79 Å². The van der Waals surface area contributed by atoms with E-state index in [1.165, 1.54) is 6.92 Å². The molecule has 1 aliphatic carbocycles. The zero-order chi connectivity index (χ0) is 16.4. The summed E-state index contributed by atoms with van der Waals surface area (Å²) in [6, 6.07) is 0. The van der Waals surface area contributed by atoms with Crippen LogP contribution in [-0.2, 0) is 28.8 Å². The number of fused-ring (bicyclic) bond motifs is 2. The Morgan fingerprint density at radius 2 is 1.91 bits per heavy atom. The number of ether oxygens (including phenoxy) is 3. The van der Waals surface area contributed by atoms with E-state index in [0.717, 1.165) is 25.7 Å². The number of rotatable bonds is 1. The minimum absolute atomic E-state index is 0.0415. The van der Waals surface area contributed by atoms with Gasteiger partial charge in [0.25, 0.3) is 0 Å². The normalized spacial score (nSPS) is 55.0. The predicted octanol–water partition coefficient (Wildman–Crippen LogP) is 2.76. The van der Waals surface area contributed by atoms with E-state index in [2.05, 4.69) is 13.8 Å². The van der Waals surface area contributed by atoms with Crippen LogP contribution in [0.25, 0.3) is 0 Å². The van der Waals surface area contributed by atoms with Gasteiger partial charge < -0.3 is 14.2 Å². The Balaban J connectivity index is 1.74. The molecule has 1 saturated carbocycles. The summed E-state index contributed by atoms with van der Waals surface area (Å²) in [6.07, 6.45) is 2.78. The SMILES string of the molecule is CC(=O)O[C@H]1O[C@@H]2O[C@@]3(C)CC[C@H]4[C@H](C)CC[C@@H]([C@H]1C)[C@@]24OO3. The second-order valence-electron chi connectivity index (χ2n) is 7.88. The number of esters is 1. The van der Waals surface area contributed by atoms with Crippen molar-refractivity contribution in [2.75, 3.05) is 0 Å². The van der Waals surface area contributed by atoms with Crippen molar-refractivity contribution >= 4 is 5.97 Å². The maximum Gasteiger partial charge on any atom is 0.304 e. The molecule has 23 heavy (non-hydrogen) atoms. The van der Waals surface area contributed by atoms with Gasteiger partial charge >= 0.3 is 5.97 Å². The maximum atomic E-state index is 11.4. The highest BCUT2D eigenvalue weighted by atomic mass is 17.3. The number of carbonyl (C=O) groups excluding carboxylic acids is 1. The van der Waals surface area contributed by atoms with E-state index in [0.29, 0.717) is 11.8 Å². The summed E-state index contributed by atoms with van der Waals surface area (Å²) in [5, 5.41) is 0. The van der Waals surface area contributed by atoms with Crippen molar-refractivity contribution in [1.82, 2.24) is 0 Å². The molecule has 130 valence electrons. The van der Waals surface area contributed by atoms with Crippen LogP contribution >= 0.6 is 0 Å². The lowest BCUT2D eigenvalue weighted by Crippen LogP contribution is -2.70. The van der Waals surface area contributed by atoms with Crippen molar-refractivity contribution in [1.29, 1.82) is 0 Å². The number of carbonyl (C=O) groups is 1. The summed E-state index contributed by atoms with van der Waals surface area (Å²) in [6.45, 7) is 7.64. The van der Waals surface area contributed by atoms with Gasteiger partial charge in [-0.1, -0.05) is 13.8 Å². The fourth-order valence-corrected chi connectivity index (χ4v) is 5.17. The summed E-state index contributed by atoms with van der Waals surface area (Å²) in [7, 11) is 0. The van der Waals surface area contributed by atoms with E-state index in [-0.39, 0.29) is 17.8 Å². The van der Waals surface area contributed by atoms with Gasteiger partial charge in [-0.05, 0) is 38.0 Å². The van der Waals surface area contributed by atoms with E-state index in [1.807, 2.05) is 6.92 Å². The molecule has 0 aromatic heterocycles. The lowest BCUT2D eigenvalue weighted by atomic mass is 9.58. The van der Waals surface area contributed by atoms with Crippen LogP contribution in [0.5, 0.6) is 0 Å². The molecular formula is C17H26O6. The van der Waals surface area contributed by atoms with Gasteiger partial charge in [0.15, 0.2) is 11.9 Å². The highest BCUT2D eigenvalue weighted by Crippen LogP contribution is 2.60. The Bertz CT molecular complexity index is 509. The van der Waals surface area contributed by atoms with Crippen molar-refractivity contribution in [3.05, 3.63) is 0 Å². The molecular weight excluding hydrogens is 300 g/mol. The molecule has 0 unspecified atom stereocenters. The Hall–Kier alpha value is -0.690. The summed E-state index contributed by atoms with van der Waals surface area (Å²) in [4.78, 5) is 23.2. The van der Waals surface area contributed by atoms with Gasteiger partial charge in [0.05, 0.1) is 0 Å². The molecule has 6 heteroatoms. The van der Waals surface area contributed by atoms with Crippen molar-refractivity contribution in [2.24, 2.45) is 23.7 Å². The molecule has 0 aromatic carbocycles. The van der Waals surface area contributed by atoms with E-state index < -0.39 is 24.0 Å². The third kappa shape index (κ3) is 2.18. The summed E-state index contributed by atoms with van der Waals surface area (Å²) in [5.74, 6) is -0.0347. The zero-order valence-electron chi connectivity index (χ0n) is 14.2. The summed E-state index contributed by atoms with van der Waals surface area (Å²) >= 11 is 0. The van der Waals surface area contributed by atoms with Crippen LogP contribution in [0, 0.1) is 23.7 Å². The van der Waals surface area contributed by atoms with Crippen molar-refractivity contribution in [3.63, 3.8) is 0 Å². The van der Waals surface area contributed by atoms with Gasteiger partial charge in [0, 0.05) is 25.2 Å². The molecule has 6 nitrogen and oxygen atoms in total. The van der Waals surface area contributed by atoms with E-state index in [9.17, 15) is 4.79 Å². The fraction of sp³-hybridized carbons (Fsp3) is 0.941. The fourth-order valence-electron chi connectivity index (χ4n) is 5.17. The van der Waals surface area contributed by atoms with Crippen LogP contribution in [0.2, 0.25) is 0 Å². The average molecular weight is 326 g/mol. The van der Waals surface area contributed by atoms with E-state index >= 15 is 0 Å². The molecule has 1 spiro atoms. The Morgan fingerprint density at radius 3 is 2.65 bits per heavy atom. The lowest BCUT2D eigenvalue weighted by molar-refractivity contribution is -0.576. The molecule has 5 aliphatic rings. The topological polar surface area (TPSA) is 63.2 Å². The Morgan fingerprint density at radius 1 is 1.13 bits per heavy atom. The third-order valence-corrected chi connectivity index (χ3v) is 6.38. The Kier molecular flexibility index (Phi) is 3.54. The van der Waals surface area contributed by atoms with Crippen molar-refractivity contribution in [3.8, 4) is 0 Å². The monoisotopic (exact) mass is 326 g/mol. The molecule has 0 radical (unpaired) electrons. The molecule has 4 aliphatic heterocycles. The van der Waals surface area contributed by atoms with Crippen LogP contribution in [0.4, 0.5) is 0 Å². The minimum Gasteiger partial charge on any atom is -0.436 e. The molecule has 5 fully saturated rings. The molecule has 4 heterocycles. The molecule has 5 rings (SSSR count). The lowest BCUT2D eigenvalue weighted by Gasteiger charge is -2.59. The molecule has 4 saturated heterocycles. The maximum absolute atomic E-state index is 11.4. The predicted molar refractivity (Wildman–Crippen MR) is 78.6 cm³/mol. The van der Waals surface area contributed by atoms with Crippen LogP contribution < -0.4 is 0 Å². The first-order valence-electron chi connectivity index (χ1n) is 8.73. The number of hydrogen-bond donors (Lipinski definition) is 0. The van der Waals surface area contributed by atoms with Crippen LogP contribution in [0.15, 0.2) is 0 Å². The van der Waals surface area contributed by atoms with Crippen LogP contribution in [-0.4, -0.2) is 29.9 Å². The molecule has 0 amide bonds. The first-order valence-corrected chi connectivity index (χ1v) is 8.73.